The van der Waals surface area contributed by atoms with Gasteiger partial charge in [0.15, 0.2) is 5.75 Å². The monoisotopic (exact) mass is 258 g/mol. The van der Waals surface area contributed by atoms with Gasteiger partial charge in [0.25, 0.3) is 0 Å². The quantitative estimate of drug-likeness (QED) is 0.623. The first-order chi connectivity index (χ1) is 8.08. The van der Waals surface area contributed by atoms with Gasteiger partial charge in [-0.3, -0.25) is 10.1 Å². The summed E-state index contributed by atoms with van der Waals surface area (Å²) >= 11 is 5.76. The molecule has 92 valence electrons. The molecule has 2 N–H and O–H groups in total. The van der Waals surface area contributed by atoms with Crippen molar-refractivity contribution in [1.82, 2.24) is 5.32 Å². The SMILES string of the molecule is O=[N+]([O-])c1ccc(Cl)cc1O[C@H]1CNC[C@@H]1O. The first kappa shape index (κ1) is 12.1. The van der Waals surface area contributed by atoms with E-state index in [2.05, 4.69) is 5.32 Å². The highest BCUT2D eigenvalue weighted by molar-refractivity contribution is 6.30. The molecule has 0 saturated carbocycles. The number of hydrogen-bond donors (Lipinski definition) is 2. The zero-order valence-electron chi connectivity index (χ0n) is 8.80. The lowest BCUT2D eigenvalue weighted by molar-refractivity contribution is -0.386. The van der Waals surface area contributed by atoms with E-state index in [-0.39, 0.29) is 11.4 Å². The number of nitrogens with zero attached hydrogens (tertiary/aromatic N) is 1. The van der Waals surface area contributed by atoms with Crippen LogP contribution in [0.1, 0.15) is 0 Å². The number of ether oxygens (including phenoxy) is 1. The molecule has 2 atom stereocenters. The van der Waals surface area contributed by atoms with Gasteiger partial charge in [-0.25, -0.2) is 0 Å². The summed E-state index contributed by atoms with van der Waals surface area (Å²) in [6.45, 7) is 0.865. The van der Waals surface area contributed by atoms with Crippen LogP contribution >= 0.6 is 11.6 Å². The number of β-amino-alcohol motifs (C(OH)–C–C–N with tert-alkyl or cyclic N) is 1. The van der Waals surface area contributed by atoms with Crippen LogP contribution in [-0.4, -0.2) is 35.3 Å². The fourth-order valence-electron chi connectivity index (χ4n) is 1.66. The van der Waals surface area contributed by atoms with Gasteiger partial charge in [-0.2, -0.15) is 0 Å². The summed E-state index contributed by atoms with van der Waals surface area (Å²) in [6.07, 6.45) is -1.17. The minimum absolute atomic E-state index is 0.0789. The summed E-state index contributed by atoms with van der Waals surface area (Å²) in [7, 11) is 0. The number of aliphatic hydroxyl groups is 1. The zero-order valence-corrected chi connectivity index (χ0v) is 9.55. The van der Waals surface area contributed by atoms with Gasteiger partial charge in [0.05, 0.1) is 4.92 Å². The van der Waals surface area contributed by atoms with Crippen LogP contribution in [0.5, 0.6) is 5.75 Å². The van der Waals surface area contributed by atoms with Crippen LogP contribution in [0.4, 0.5) is 5.69 Å². The van der Waals surface area contributed by atoms with E-state index in [0.717, 1.165) is 0 Å². The maximum Gasteiger partial charge on any atom is 0.311 e. The molecule has 1 aliphatic rings. The summed E-state index contributed by atoms with van der Waals surface area (Å²) in [5.41, 5.74) is -0.159. The fourth-order valence-corrected chi connectivity index (χ4v) is 1.82. The van der Waals surface area contributed by atoms with Crippen LogP contribution in [-0.2, 0) is 0 Å². The summed E-state index contributed by atoms with van der Waals surface area (Å²) in [5.74, 6) is 0.0789. The van der Waals surface area contributed by atoms with E-state index < -0.39 is 17.1 Å². The van der Waals surface area contributed by atoms with Crippen molar-refractivity contribution >= 4 is 17.3 Å². The van der Waals surface area contributed by atoms with Crippen molar-refractivity contribution in [3.05, 3.63) is 33.3 Å². The highest BCUT2D eigenvalue weighted by Gasteiger charge is 2.29. The van der Waals surface area contributed by atoms with Gasteiger partial charge in [-0.05, 0) is 6.07 Å². The van der Waals surface area contributed by atoms with Crippen molar-refractivity contribution in [2.24, 2.45) is 0 Å². The van der Waals surface area contributed by atoms with Crippen LogP contribution in [0, 0.1) is 10.1 Å². The second kappa shape index (κ2) is 4.87. The number of aliphatic hydroxyl groups excluding tert-OH is 1. The van der Waals surface area contributed by atoms with Gasteiger partial charge >= 0.3 is 5.69 Å². The number of benzene rings is 1. The maximum absolute atomic E-state index is 10.8. The van der Waals surface area contributed by atoms with Crippen molar-refractivity contribution in [2.75, 3.05) is 13.1 Å². The Morgan fingerprint density at radius 3 is 2.88 bits per heavy atom. The summed E-state index contributed by atoms with van der Waals surface area (Å²) in [4.78, 5) is 10.3. The summed E-state index contributed by atoms with van der Waals surface area (Å²) in [5, 5.41) is 23.6. The van der Waals surface area contributed by atoms with Crippen LogP contribution in [0.25, 0.3) is 0 Å². The lowest BCUT2D eigenvalue weighted by Gasteiger charge is -2.16. The van der Waals surface area contributed by atoms with Gasteiger partial charge < -0.3 is 15.2 Å². The summed E-state index contributed by atoms with van der Waals surface area (Å²) in [6, 6.07) is 4.09. The molecule has 0 unspecified atom stereocenters. The van der Waals surface area contributed by atoms with Crippen LogP contribution in [0.2, 0.25) is 5.02 Å². The first-order valence-electron chi connectivity index (χ1n) is 5.07. The Morgan fingerprint density at radius 1 is 1.53 bits per heavy atom. The van der Waals surface area contributed by atoms with Gasteiger partial charge in [0.2, 0.25) is 0 Å². The van der Waals surface area contributed by atoms with E-state index in [0.29, 0.717) is 18.1 Å². The molecular weight excluding hydrogens is 248 g/mol. The van der Waals surface area contributed by atoms with E-state index in [1.165, 1.54) is 18.2 Å². The number of hydrogen-bond acceptors (Lipinski definition) is 5. The highest BCUT2D eigenvalue weighted by atomic mass is 35.5. The van der Waals surface area contributed by atoms with Crippen LogP contribution in [0.15, 0.2) is 18.2 Å². The molecule has 0 bridgehead atoms. The maximum atomic E-state index is 10.8. The third kappa shape index (κ3) is 2.66. The molecule has 1 saturated heterocycles. The topological polar surface area (TPSA) is 84.6 Å². The molecule has 7 heteroatoms. The molecule has 0 aliphatic carbocycles. The Morgan fingerprint density at radius 2 is 2.29 bits per heavy atom. The molecule has 1 fully saturated rings. The lowest BCUT2D eigenvalue weighted by Crippen LogP contribution is -2.30. The van der Waals surface area contributed by atoms with Crippen molar-refractivity contribution in [3.63, 3.8) is 0 Å². The van der Waals surface area contributed by atoms with E-state index in [4.69, 9.17) is 16.3 Å². The molecule has 0 aromatic heterocycles. The molecule has 1 aliphatic heterocycles. The van der Waals surface area contributed by atoms with Gasteiger partial charge in [-0.1, -0.05) is 11.6 Å². The minimum Gasteiger partial charge on any atom is -0.479 e. The average molecular weight is 259 g/mol. The molecule has 1 heterocycles. The van der Waals surface area contributed by atoms with Gasteiger partial charge in [-0.15, -0.1) is 0 Å². The van der Waals surface area contributed by atoms with E-state index >= 15 is 0 Å². The largest absolute Gasteiger partial charge is 0.479 e. The lowest BCUT2D eigenvalue weighted by atomic mass is 10.2. The molecule has 1 aromatic rings. The van der Waals surface area contributed by atoms with Crippen LogP contribution in [0.3, 0.4) is 0 Å². The molecule has 17 heavy (non-hydrogen) atoms. The Balaban J connectivity index is 2.24. The predicted molar refractivity (Wildman–Crippen MR) is 61.4 cm³/mol. The Labute approximate surface area is 102 Å². The molecule has 0 amide bonds. The van der Waals surface area contributed by atoms with E-state index in [1.54, 1.807) is 0 Å². The second-order valence-electron chi connectivity index (χ2n) is 3.75. The third-order valence-corrected chi connectivity index (χ3v) is 2.76. The molecule has 0 spiro atoms. The molecule has 2 rings (SSSR count). The molecule has 0 radical (unpaired) electrons. The summed E-state index contributed by atoms with van der Waals surface area (Å²) < 4.78 is 5.42. The third-order valence-electron chi connectivity index (χ3n) is 2.53. The van der Waals surface area contributed by atoms with Gasteiger partial charge in [0, 0.05) is 30.2 Å². The van der Waals surface area contributed by atoms with Crippen molar-refractivity contribution in [3.8, 4) is 5.75 Å². The van der Waals surface area contributed by atoms with Crippen molar-refractivity contribution in [2.45, 2.75) is 12.2 Å². The zero-order chi connectivity index (χ0) is 12.4. The molecule has 6 nitrogen and oxygen atoms in total. The highest BCUT2D eigenvalue weighted by Crippen LogP contribution is 2.31. The van der Waals surface area contributed by atoms with Crippen LogP contribution < -0.4 is 10.1 Å². The van der Waals surface area contributed by atoms with E-state index in [1.807, 2.05) is 0 Å². The number of halogens is 1. The number of nitro benzene ring substituents is 1. The Hall–Kier alpha value is -1.37. The Bertz CT molecular complexity index is 440. The number of rotatable bonds is 3. The predicted octanol–water partition coefficient (Wildman–Crippen LogP) is 0.960. The smallest absolute Gasteiger partial charge is 0.311 e. The van der Waals surface area contributed by atoms with Crippen molar-refractivity contribution in [1.29, 1.82) is 0 Å². The molecular formula is C10H11ClN2O4. The van der Waals surface area contributed by atoms with Gasteiger partial charge in [0.1, 0.15) is 12.2 Å². The first-order valence-corrected chi connectivity index (χ1v) is 5.45. The molecule has 1 aromatic carbocycles. The average Bonchev–Trinajstić information content (AvgIpc) is 2.64. The Kier molecular flexibility index (Phi) is 3.46. The standard InChI is InChI=1S/C10H11ClN2O4/c11-6-1-2-7(13(15)16)9(3-6)17-10-5-12-4-8(10)14/h1-3,8,10,12,14H,4-5H2/t8-,10-/m0/s1. The van der Waals surface area contributed by atoms with E-state index in [9.17, 15) is 15.2 Å². The fraction of sp³-hybridized carbons (Fsp3) is 0.400. The minimum atomic E-state index is -0.673. The number of nitro groups is 1. The van der Waals surface area contributed by atoms with Crippen molar-refractivity contribution < 1.29 is 14.8 Å². The number of nitrogens with one attached hydrogen (secondary N) is 1. The second-order valence-corrected chi connectivity index (χ2v) is 4.19. The normalized spacial score (nSPS) is 23.6.